The molecule has 2 heterocycles. The van der Waals surface area contributed by atoms with Gasteiger partial charge >= 0.3 is 5.97 Å². The first-order valence-electron chi connectivity index (χ1n) is 7.11. The Kier molecular flexibility index (Phi) is 4.49. The fourth-order valence-corrected chi connectivity index (χ4v) is 2.73. The van der Waals surface area contributed by atoms with Gasteiger partial charge in [0.05, 0.1) is 16.6 Å². The minimum atomic E-state index is -0.213. The Balaban J connectivity index is 1.56. The molecule has 0 aliphatic carbocycles. The van der Waals surface area contributed by atoms with Gasteiger partial charge in [-0.2, -0.15) is 0 Å². The average molecular weight is 362 g/mol. The van der Waals surface area contributed by atoms with Crippen LogP contribution in [-0.2, 0) is 24.3 Å². The van der Waals surface area contributed by atoms with E-state index in [-0.39, 0.29) is 5.97 Å². The molecule has 0 atom stereocenters. The van der Waals surface area contributed by atoms with E-state index in [1.807, 2.05) is 19.1 Å². The molecule has 1 aromatic heterocycles. The molecule has 0 fully saturated rings. The van der Waals surface area contributed by atoms with Crippen LogP contribution in [0.4, 0.5) is 0 Å². The molecule has 0 spiro atoms. The van der Waals surface area contributed by atoms with Crippen LogP contribution in [0.3, 0.4) is 0 Å². The molecule has 114 valence electrons. The van der Waals surface area contributed by atoms with Crippen LogP contribution in [0, 0.1) is 6.92 Å². The lowest BCUT2D eigenvalue weighted by molar-refractivity contribution is 0.0535. The molecule has 0 saturated carbocycles. The van der Waals surface area contributed by atoms with Gasteiger partial charge in [-0.3, -0.25) is 0 Å². The summed E-state index contributed by atoms with van der Waals surface area (Å²) in [7, 11) is 0. The van der Waals surface area contributed by atoms with E-state index in [1.165, 1.54) is 5.56 Å². The molecular weight excluding hydrogens is 346 g/mol. The summed E-state index contributed by atoms with van der Waals surface area (Å²) in [5.41, 5.74) is 4.13. The second kappa shape index (κ2) is 6.54. The third kappa shape index (κ3) is 3.18. The number of fused-ring (bicyclic) bond motifs is 1. The van der Waals surface area contributed by atoms with Crippen molar-refractivity contribution < 1.29 is 9.53 Å². The summed E-state index contributed by atoms with van der Waals surface area (Å²) in [5, 5.41) is 3.33. The van der Waals surface area contributed by atoms with Crippen LogP contribution in [-0.4, -0.2) is 22.5 Å². The van der Waals surface area contributed by atoms with Crippen LogP contribution in [0.1, 0.15) is 32.9 Å². The molecule has 6 heteroatoms. The van der Waals surface area contributed by atoms with Gasteiger partial charge < -0.3 is 10.1 Å². The number of nitrogens with one attached hydrogen (secondary N) is 1. The first kappa shape index (κ1) is 15.1. The van der Waals surface area contributed by atoms with E-state index in [2.05, 4.69) is 31.2 Å². The van der Waals surface area contributed by atoms with Gasteiger partial charge in [-0.15, -0.1) is 0 Å². The summed E-state index contributed by atoms with van der Waals surface area (Å²) in [6, 6.07) is 3.88. The van der Waals surface area contributed by atoms with Crippen molar-refractivity contribution in [1.82, 2.24) is 15.3 Å². The minimum Gasteiger partial charge on any atom is -0.457 e. The number of rotatable bonds is 5. The highest BCUT2D eigenvalue weighted by Crippen LogP contribution is 2.25. The van der Waals surface area contributed by atoms with E-state index in [4.69, 9.17) is 4.74 Å². The fourth-order valence-electron chi connectivity index (χ4n) is 2.52. The maximum atomic E-state index is 11.5. The number of carbonyl (C=O) groups excluding carboxylic acids is 1. The van der Waals surface area contributed by atoms with Crippen molar-refractivity contribution in [2.24, 2.45) is 0 Å². The van der Waals surface area contributed by atoms with Gasteiger partial charge in [0, 0.05) is 18.0 Å². The standard InChI is InChI=1S/C16H16BrN3O2/c1-10-11(2-3-13-14(10)9-22-16(13)21)4-5-18-8-15-19-6-12(17)7-20-15/h2-3,6-7,18H,4-5,8-9H2,1H3. The maximum Gasteiger partial charge on any atom is 0.338 e. The Morgan fingerprint density at radius 2 is 2.09 bits per heavy atom. The number of carbonyl (C=O) groups is 1. The number of cyclic esters (lactones) is 1. The molecule has 1 N–H and O–H groups in total. The first-order valence-corrected chi connectivity index (χ1v) is 7.90. The quantitative estimate of drug-likeness (QED) is 0.654. The lowest BCUT2D eigenvalue weighted by Gasteiger charge is -2.09. The van der Waals surface area contributed by atoms with E-state index in [0.717, 1.165) is 34.4 Å². The van der Waals surface area contributed by atoms with Crippen LogP contribution >= 0.6 is 15.9 Å². The van der Waals surface area contributed by atoms with Crippen molar-refractivity contribution in [3.63, 3.8) is 0 Å². The second-order valence-corrected chi connectivity index (χ2v) is 6.11. The zero-order valence-corrected chi connectivity index (χ0v) is 13.8. The second-order valence-electron chi connectivity index (χ2n) is 5.20. The highest BCUT2D eigenvalue weighted by atomic mass is 79.9. The number of benzene rings is 1. The van der Waals surface area contributed by atoms with Gasteiger partial charge in [-0.1, -0.05) is 6.07 Å². The minimum absolute atomic E-state index is 0.213. The molecule has 2 aromatic rings. The molecular formula is C16H16BrN3O2. The van der Waals surface area contributed by atoms with Gasteiger partial charge in [-0.25, -0.2) is 14.8 Å². The van der Waals surface area contributed by atoms with Crippen molar-refractivity contribution in [3.8, 4) is 0 Å². The van der Waals surface area contributed by atoms with Gasteiger partial charge in [0.1, 0.15) is 12.4 Å². The zero-order valence-electron chi connectivity index (χ0n) is 12.2. The molecule has 1 aromatic carbocycles. The van der Waals surface area contributed by atoms with E-state index >= 15 is 0 Å². The lowest BCUT2D eigenvalue weighted by Crippen LogP contribution is -2.18. The Labute approximate surface area is 137 Å². The molecule has 0 radical (unpaired) electrons. The van der Waals surface area contributed by atoms with E-state index < -0.39 is 0 Å². The van der Waals surface area contributed by atoms with Crippen molar-refractivity contribution >= 4 is 21.9 Å². The van der Waals surface area contributed by atoms with Gasteiger partial charge in [0.25, 0.3) is 0 Å². The number of hydrogen-bond donors (Lipinski definition) is 1. The average Bonchev–Trinajstić information content (AvgIpc) is 2.90. The topological polar surface area (TPSA) is 64.1 Å². The number of ether oxygens (including phenoxy) is 1. The maximum absolute atomic E-state index is 11.5. The molecule has 0 saturated heterocycles. The SMILES string of the molecule is Cc1c(CCNCc2ncc(Br)cn2)ccc2c1COC2=O. The molecule has 3 rings (SSSR count). The van der Waals surface area contributed by atoms with Gasteiger partial charge in [0.15, 0.2) is 0 Å². The Bertz CT molecular complexity index is 701. The number of halogens is 1. The van der Waals surface area contributed by atoms with Gasteiger partial charge in [-0.05, 0) is 53.0 Å². The van der Waals surface area contributed by atoms with Crippen LogP contribution in [0.15, 0.2) is 29.0 Å². The molecule has 1 aliphatic heterocycles. The van der Waals surface area contributed by atoms with Crippen LogP contribution in [0.5, 0.6) is 0 Å². The predicted molar refractivity (Wildman–Crippen MR) is 85.4 cm³/mol. The third-order valence-electron chi connectivity index (χ3n) is 3.81. The third-order valence-corrected chi connectivity index (χ3v) is 4.22. The van der Waals surface area contributed by atoms with E-state index in [1.54, 1.807) is 12.4 Å². The predicted octanol–water partition coefficient (Wildman–Crippen LogP) is 2.55. The smallest absolute Gasteiger partial charge is 0.338 e. The van der Waals surface area contributed by atoms with Crippen LogP contribution < -0.4 is 5.32 Å². The van der Waals surface area contributed by atoms with E-state index in [9.17, 15) is 4.79 Å². The van der Waals surface area contributed by atoms with Crippen LogP contribution in [0.25, 0.3) is 0 Å². The molecule has 0 bridgehead atoms. The largest absolute Gasteiger partial charge is 0.457 e. The number of esters is 1. The van der Waals surface area contributed by atoms with Crippen molar-refractivity contribution in [2.45, 2.75) is 26.5 Å². The molecule has 0 amide bonds. The summed E-state index contributed by atoms with van der Waals surface area (Å²) >= 11 is 3.31. The summed E-state index contributed by atoms with van der Waals surface area (Å²) in [6.45, 7) is 3.91. The van der Waals surface area contributed by atoms with Crippen LogP contribution in [0.2, 0.25) is 0 Å². The zero-order chi connectivity index (χ0) is 15.5. The van der Waals surface area contributed by atoms with Crippen molar-refractivity contribution in [3.05, 3.63) is 57.1 Å². The first-order chi connectivity index (χ1) is 10.6. The Morgan fingerprint density at radius 1 is 1.32 bits per heavy atom. The van der Waals surface area contributed by atoms with Gasteiger partial charge in [0.2, 0.25) is 0 Å². The molecule has 5 nitrogen and oxygen atoms in total. The monoisotopic (exact) mass is 361 g/mol. The number of hydrogen-bond acceptors (Lipinski definition) is 5. The van der Waals surface area contributed by atoms with E-state index in [0.29, 0.717) is 18.7 Å². The number of nitrogens with zero attached hydrogens (tertiary/aromatic N) is 2. The molecule has 22 heavy (non-hydrogen) atoms. The molecule has 1 aliphatic rings. The molecule has 0 unspecified atom stereocenters. The summed E-state index contributed by atoms with van der Waals surface area (Å²) < 4.78 is 5.95. The highest BCUT2D eigenvalue weighted by molar-refractivity contribution is 9.10. The Hall–Kier alpha value is -1.79. The summed E-state index contributed by atoms with van der Waals surface area (Å²) in [5.74, 6) is 0.558. The normalized spacial score (nSPS) is 13.1. The number of aromatic nitrogens is 2. The fraction of sp³-hybridized carbons (Fsp3) is 0.312. The lowest BCUT2D eigenvalue weighted by atomic mass is 9.97. The highest BCUT2D eigenvalue weighted by Gasteiger charge is 2.23. The summed E-state index contributed by atoms with van der Waals surface area (Å²) in [6.07, 6.45) is 4.38. The Morgan fingerprint density at radius 3 is 2.86 bits per heavy atom. The van der Waals surface area contributed by atoms with Crippen molar-refractivity contribution in [1.29, 1.82) is 0 Å². The van der Waals surface area contributed by atoms with Crippen molar-refractivity contribution in [2.75, 3.05) is 6.54 Å². The summed E-state index contributed by atoms with van der Waals surface area (Å²) in [4.78, 5) is 20.0.